The summed E-state index contributed by atoms with van der Waals surface area (Å²) >= 11 is 0. The molecule has 0 fully saturated rings. The summed E-state index contributed by atoms with van der Waals surface area (Å²) in [6, 6.07) is 3.54. The van der Waals surface area contributed by atoms with Crippen LogP contribution in [0.2, 0.25) is 0 Å². The lowest BCUT2D eigenvalue weighted by atomic mass is 10.1. The zero-order valence-electron chi connectivity index (χ0n) is 8.51. The van der Waals surface area contributed by atoms with Gasteiger partial charge in [0.2, 0.25) is 0 Å². The molecule has 0 aliphatic rings. The summed E-state index contributed by atoms with van der Waals surface area (Å²) in [6.07, 6.45) is 3.07. The molecule has 2 rings (SSSR count). The SMILES string of the molecule is O=C(O)/C=C/c1coc2cc(F)ccc2c1=O. The van der Waals surface area contributed by atoms with E-state index >= 15 is 0 Å². The van der Waals surface area contributed by atoms with Gasteiger partial charge in [-0.15, -0.1) is 0 Å². The van der Waals surface area contributed by atoms with Gasteiger partial charge in [-0.2, -0.15) is 0 Å². The van der Waals surface area contributed by atoms with E-state index in [0.717, 1.165) is 30.5 Å². The maximum absolute atomic E-state index is 12.9. The number of rotatable bonds is 2. The Balaban J connectivity index is 2.62. The van der Waals surface area contributed by atoms with Crippen molar-refractivity contribution in [2.45, 2.75) is 0 Å². The molecular formula is C12H7FO4. The molecule has 0 aliphatic carbocycles. The number of halogens is 1. The molecule has 5 heteroatoms. The van der Waals surface area contributed by atoms with Crippen LogP contribution in [0.4, 0.5) is 4.39 Å². The summed E-state index contributed by atoms with van der Waals surface area (Å²) in [4.78, 5) is 22.1. The number of aliphatic carboxylic acids is 1. The van der Waals surface area contributed by atoms with Crippen LogP contribution in [-0.4, -0.2) is 11.1 Å². The van der Waals surface area contributed by atoms with Gasteiger partial charge in [-0.25, -0.2) is 9.18 Å². The summed E-state index contributed by atoms with van der Waals surface area (Å²) in [5, 5.41) is 8.65. The number of carboxylic acids is 1. The van der Waals surface area contributed by atoms with Crippen LogP contribution in [0.25, 0.3) is 17.0 Å². The number of benzene rings is 1. The molecule has 0 amide bonds. The summed E-state index contributed by atoms with van der Waals surface area (Å²) in [5.74, 6) is -1.67. The Labute approximate surface area is 94.6 Å². The fraction of sp³-hybridized carbons (Fsp3) is 0. The van der Waals surface area contributed by atoms with E-state index in [0.29, 0.717) is 0 Å². The van der Waals surface area contributed by atoms with E-state index < -0.39 is 17.2 Å². The van der Waals surface area contributed by atoms with Gasteiger partial charge in [-0.05, 0) is 18.2 Å². The van der Waals surface area contributed by atoms with Gasteiger partial charge in [-0.3, -0.25) is 4.79 Å². The van der Waals surface area contributed by atoms with Gasteiger partial charge >= 0.3 is 5.97 Å². The molecule has 0 atom stereocenters. The number of carboxylic acid groups (broad SMARTS) is 1. The van der Waals surface area contributed by atoms with Gasteiger partial charge in [0.05, 0.1) is 10.9 Å². The summed E-state index contributed by atoms with van der Waals surface area (Å²) in [6.45, 7) is 0. The predicted molar refractivity (Wildman–Crippen MR) is 59.1 cm³/mol. The largest absolute Gasteiger partial charge is 0.478 e. The maximum atomic E-state index is 12.9. The molecule has 1 heterocycles. The van der Waals surface area contributed by atoms with Crippen LogP contribution >= 0.6 is 0 Å². The highest BCUT2D eigenvalue weighted by Crippen LogP contribution is 2.13. The van der Waals surface area contributed by atoms with Crippen molar-refractivity contribution in [1.29, 1.82) is 0 Å². The van der Waals surface area contributed by atoms with E-state index in [4.69, 9.17) is 9.52 Å². The average molecular weight is 234 g/mol. The molecule has 1 aromatic heterocycles. The molecule has 0 aliphatic heterocycles. The van der Waals surface area contributed by atoms with Crippen molar-refractivity contribution >= 4 is 23.0 Å². The molecule has 0 spiro atoms. The topological polar surface area (TPSA) is 67.5 Å². The summed E-state index contributed by atoms with van der Waals surface area (Å²) in [5.41, 5.74) is -0.169. The van der Waals surface area contributed by atoms with Crippen LogP contribution in [-0.2, 0) is 4.79 Å². The first-order valence-electron chi connectivity index (χ1n) is 4.70. The van der Waals surface area contributed by atoms with Gasteiger partial charge in [0, 0.05) is 12.1 Å². The van der Waals surface area contributed by atoms with E-state index in [1.165, 1.54) is 6.07 Å². The van der Waals surface area contributed by atoms with E-state index in [-0.39, 0.29) is 16.5 Å². The Morgan fingerprint density at radius 3 is 2.88 bits per heavy atom. The lowest BCUT2D eigenvalue weighted by Crippen LogP contribution is -2.05. The molecule has 86 valence electrons. The first-order chi connectivity index (χ1) is 8.08. The van der Waals surface area contributed by atoms with Crippen LogP contribution in [0.1, 0.15) is 5.56 Å². The molecule has 0 radical (unpaired) electrons. The van der Waals surface area contributed by atoms with Gasteiger partial charge in [0.1, 0.15) is 17.7 Å². The molecule has 0 unspecified atom stereocenters. The zero-order valence-corrected chi connectivity index (χ0v) is 8.51. The highest BCUT2D eigenvalue weighted by Gasteiger charge is 2.05. The zero-order chi connectivity index (χ0) is 12.4. The average Bonchev–Trinajstić information content (AvgIpc) is 2.27. The van der Waals surface area contributed by atoms with Crippen molar-refractivity contribution in [3.05, 3.63) is 52.1 Å². The van der Waals surface area contributed by atoms with Crippen molar-refractivity contribution in [3.63, 3.8) is 0 Å². The monoisotopic (exact) mass is 234 g/mol. The summed E-state index contributed by atoms with van der Waals surface area (Å²) < 4.78 is 17.9. The van der Waals surface area contributed by atoms with Crippen LogP contribution in [0.15, 0.2) is 39.7 Å². The third-order valence-corrected chi connectivity index (χ3v) is 2.17. The van der Waals surface area contributed by atoms with E-state index in [1.807, 2.05) is 0 Å². The van der Waals surface area contributed by atoms with Crippen molar-refractivity contribution in [1.82, 2.24) is 0 Å². The lowest BCUT2D eigenvalue weighted by molar-refractivity contribution is -0.131. The van der Waals surface area contributed by atoms with Gasteiger partial charge in [0.25, 0.3) is 0 Å². The number of carbonyl (C=O) groups is 1. The Kier molecular flexibility index (Phi) is 2.74. The molecule has 0 bridgehead atoms. The molecule has 17 heavy (non-hydrogen) atoms. The normalized spacial score (nSPS) is 11.1. The van der Waals surface area contributed by atoms with Crippen LogP contribution < -0.4 is 5.43 Å². The van der Waals surface area contributed by atoms with E-state index in [2.05, 4.69) is 0 Å². The second-order valence-electron chi connectivity index (χ2n) is 3.33. The van der Waals surface area contributed by atoms with Crippen molar-refractivity contribution < 1.29 is 18.7 Å². The predicted octanol–water partition coefficient (Wildman–Crippen LogP) is 2.03. The fourth-order valence-corrected chi connectivity index (χ4v) is 1.39. The highest BCUT2D eigenvalue weighted by atomic mass is 19.1. The Morgan fingerprint density at radius 2 is 2.18 bits per heavy atom. The van der Waals surface area contributed by atoms with Crippen molar-refractivity contribution in [2.24, 2.45) is 0 Å². The minimum Gasteiger partial charge on any atom is -0.478 e. The Bertz CT molecular complexity index is 670. The Morgan fingerprint density at radius 1 is 1.41 bits per heavy atom. The number of hydrogen-bond donors (Lipinski definition) is 1. The van der Waals surface area contributed by atoms with Crippen LogP contribution in [0.5, 0.6) is 0 Å². The van der Waals surface area contributed by atoms with Gasteiger partial charge in [0.15, 0.2) is 5.43 Å². The molecule has 0 saturated heterocycles. The van der Waals surface area contributed by atoms with Crippen molar-refractivity contribution in [2.75, 3.05) is 0 Å². The minimum atomic E-state index is -1.16. The fourth-order valence-electron chi connectivity index (χ4n) is 1.39. The highest BCUT2D eigenvalue weighted by molar-refractivity contribution is 5.86. The number of fused-ring (bicyclic) bond motifs is 1. The third-order valence-electron chi connectivity index (χ3n) is 2.17. The second-order valence-corrected chi connectivity index (χ2v) is 3.33. The standard InChI is InChI=1S/C12H7FO4/c13-8-2-3-9-10(5-8)17-6-7(12(9)16)1-4-11(14)15/h1-6H,(H,14,15)/b4-1+. The van der Waals surface area contributed by atoms with Gasteiger partial charge < -0.3 is 9.52 Å². The van der Waals surface area contributed by atoms with E-state index in [9.17, 15) is 14.0 Å². The molecule has 1 aromatic carbocycles. The number of hydrogen-bond acceptors (Lipinski definition) is 3. The van der Waals surface area contributed by atoms with Gasteiger partial charge in [-0.1, -0.05) is 0 Å². The van der Waals surface area contributed by atoms with E-state index in [1.54, 1.807) is 0 Å². The maximum Gasteiger partial charge on any atom is 0.328 e. The third kappa shape index (κ3) is 2.23. The molecule has 0 saturated carbocycles. The van der Waals surface area contributed by atoms with Crippen molar-refractivity contribution in [3.8, 4) is 0 Å². The molecule has 2 aromatic rings. The summed E-state index contributed by atoms with van der Waals surface area (Å²) in [7, 11) is 0. The lowest BCUT2D eigenvalue weighted by Gasteiger charge is -1.98. The molecular weight excluding hydrogens is 227 g/mol. The second kappa shape index (κ2) is 4.21. The molecule has 1 N–H and O–H groups in total. The quantitative estimate of drug-likeness (QED) is 0.807. The minimum absolute atomic E-state index is 0.103. The first kappa shape index (κ1) is 11.1. The van der Waals surface area contributed by atoms with Crippen LogP contribution in [0, 0.1) is 5.82 Å². The van der Waals surface area contributed by atoms with Crippen LogP contribution in [0.3, 0.4) is 0 Å². The smallest absolute Gasteiger partial charge is 0.328 e. The molecule has 4 nitrogen and oxygen atoms in total. The Hall–Kier alpha value is -2.43. The first-order valence-corrected chi connectivity index (χ1v) is 4.70.